The highest BCUT2D eigenvalue weighted by Crippen LogP contribution is 2.00. The molecular formula is C9H16O3. The number of carbonyl (C=O) groups is 1. The first kappa shape index (κ1) is 11.2. The van der Waals surface area contributed by atoms with Gasteiger partial charge in [0, 0.05) is 12.5 Å². The molecule has 0 rings (SSSR count). The second-order valence-corrected chi connectivity index (χ2v) is 2.60. The summed E-state index contributed by atoms with van der Waals surface area (Å²) in [5, 5.41) is 9.22. The van der Waals surface area contributed by atoms with E-state index in [1.165, 1.54) is 0 Å². The van der Waals surface area contributed by atoms with Crippen LogP contribution in [0.2, 0.25) is 0 Å². The smallest absolute Gasteiger partial charge is 0.330 e. The second kappa shape index (κ2) is 6.85. The summed E-state index contributed by atoms with van der Waals surface area (Å²) >= 11 is 0. The lowest BCUT2D eigenvalue weighted by Crippen LogP contribution is -2.11. The highest BCUT2D eigenvalue weighted by Gasteiger charge is 2.03. The molecule has 0 aliphatic carbocycles. The number of esters is 1. The van der Waals surface area contributed by atoms with Crippen LogP contribution in [0, 0.1) is 0 Å². The summed E-state index contributed by atoms with van der Waals surface area (Å²) in [6.45, 7) is 5.53. The number of hydrogen-bond acceptors (Lipinski definition) is 3. The molecule has 0 spiro atoms. The Morgan fingerprint density at radius 3 is 2.83 bits per heavy atom. The van der Waals surface area contributed by atoms with E-state index in [2.05, 4.69) is 6.58 Å². The fourth-order valence-electron chi connectivity index (χ4n) is 0.832. The first-order valence-electron chi connectivity index (χ1n) is 4.18. The molecule has 0 aromatic rings. The van der Waals surface area contributed by atoms with Gasteiger partial charge in [-0.2, -0.15) is 0 Å². The van der Waals surface area contributed by atoms with Crippen molar-refractivity contribution in [2.75, 3.05) is 6.61 Å². The summed E-state index contributed by atoms with van der Waals surface area (Å²) in [6.07, 6.45) is 2.97. The van der Waals surface area contributed by atoms with Crippen molar-refractivity contribution in [2.24, 2.45) is 0 Å². The lowest BCUT2D eigenvalue weighted by atomic mass is 10.1. The molecule has 0 aliphatic heterocycles. The molecule has 70 valence electrons. The van der Waals surface area contributed by atoms with Crippen LogP contribution in [0.5, 0.6) is 0 Å². The largest absolute Gasteiger partial charge is 0.462 e. The second-order valence-electron chi connectivity index (χ2n) is 2.60. The maximum Gasteiger partial charge on any atom is 0.330 e. The van der Waals surface area contributed by atoms with E-state index in [0.29, 0.717) is 6.42 Å². The third kappa shape index (κ3) is 5.92. The minimum Gasteiger partial charge on any atom is -0.462 e. The van der Waals surface area contributed by atoms with Crippen molar-refractivity contribution >= 4 is 5.97 Å². The van der Waals surface area contributed by atoms with Crippen molar-refractivity contribution in [1.29, 1.82) is 0 Å². The fraction of sp³-hybridized carbons (Fsp3) is 0.667. The van der Waals surface area contributed by atoms with Gasteiger partial charge < -0.3 is 9.84 Å². The molecular weight excluding hydrogens is 156 g/mol. The monoisotopic (exact) mass is 172 g/mol. The van der Waals surface area contributed by atoms with E-state index in [0.717, 1.165) is 18.9 Å². The Kier molecular flexibility index (Phi) is 6.38. The summed E-state index contributed by atoms with van der Waals surface area (Å²) in [6, 6.07) is 0. The van der Waals surface area contributed by atoms with Crippen LogP contribution in [0.25, 0.3) is 0 Å². The number of aliphatic hydroxyl groups excluding tert-OH is 1. The standard InChI is InChI=1S/C9H16O3/c1-3-5-8(10)6-7-12-9(11)4-2/h4,8,10H,2-3,5-7H2,1H3/t8-/m1/s1. The normalized spacial score (nSPS) is 12.2. The Hall–Kier alpha value is -0.830. The first-order chi connectivity index (χ1) is 5.70. The average Bonchev–Trinajstić information content (AvgIpc) is 2.04. The van der Waals surface area contributed by atoms with Crippen molar-refractivity contribution in [3.8, 4) is 0 Å². The van der Waals surface area contributed by atoms with Crippen molar-refractivity contribution in [2.45, 2.75) is 32.3 Å². The topological polar surface area (TPSA) is 46.5 Å². The average molecular weight is 172 g/mol. The molecule has 0 bridgehead atoms. The van der Waals surface area contributed by atoms with Gasteiger partial charge in [0.25, 0.3) is 0 Å². The lowest BCUT2D eigenvalue weighted by Gasteiger charge is -2.07. The van der Waals surface area contributed by atoms with E-state index in [1.54, 1.807) is 0 Å². The van der Waals surface area contributed by atoms with Gasteiger partial charge in [-0.05, 0) is 6.42 Å². The van der Waals surface area contributed by atoms with Crippen LogP contribution in [-0.2, 0) is 9.53 Å². The molecule has 3 nitrogen and oxygen atoms in total. The molecule has 0 aromatic carbocycles. The summed E-state index contributed by atoms with van der Waals surface area (Å²) in [5.74, 6) is -0.432. The van der Waals surface area contributed by atoms with Gasteiger partial charge in [0.05, 0.1) is 12.7 Å². The Morgan fingerprint density at radius 2 is 2.33 bits per heavy atom. The van der Waals surface area contributed by atoms with E-state index in [9.17, 15) is 9.90 Å². The van der Waals surface area contributed by atoms with E-state index >= 15 is 0 Å². The molecule has 0 heterocycles. The van der Waals surface area contributed by atoms with Gasteiger partial charge in [0.2, 0.25) is 0 Å². The van der Waals surface area contributed by atoms with E-state index in [4.69, 9.17) is 4.74 Å². The van der Waals surface area contributed by atoms with Crippen LogP contribution in [0.15, 0.2) is 12.7 Å². The zero-order valence-electron chi connectivity index (χ0n) is 7.45. The highest BCUT2D eigenvalue weighted by molar-refractivity contribution is 5.81. The molecule has 12 heavy (non-hydrogen) atoms. The number of rotatable bonds is 6. The SMILES string of the molecule is C=CC(=O)OCC[C@H](O)CCC. The Labute approximate surface area is 73.0 Å². The number of ether oxygens (including phenoxy) is 1. The quantitative estimate of drug-likeness (QED) is 0.484. The van der Waals surface area contributed by atoms with E-state index in [-0.39, 0.29) is 12.7 Å². The summed E-state index contributed by atoms with van der Waals surface area (Å²) in [5.41, 5.74) is 0. The summed E-state index contributed by atoms with van der Waals surface area (Å²) in [7, 11) is 0. The molecule has 0 saturated heterocycles. The highest BCUT2D eigenvalue weighted by atomic mass is 16.5. The van der Waals surface area contributed by atoms with Gasteiger partial charge in [0.15, 0.2) is 0 Å². The van der Waals surface area contributed by atoms with Gasteiger partial charge in [-0.25, -0.2) is 4.79 Å². The first-order valence-corrected chi connectivity index (χ1v) is 4.18. The molecule has 0 amide bonds. The third-order valence-corrected chi connectivity index (χ3v) is 1.48. The number of aliphatic hydroxyl groups is 1. The predicted molar refractivity (Wildman–Crippen MR) is 46.7 cm³/mol. The van der Waals surface area contributed by atoms with Crippen LogP contribution < -0.4 is 0 Å². The number of carbonyl (C=O) groups excluding carboxylic acids is 1. The van der Waals surface area contributed by atoms with Gasteiger partial charge in [0.1, 0.15) is 0 Å². The van der Waals surface area contributed by atoms with Crippen LogP contribution in [0.4, 0.5) is 0 Å². The van der Waals surface area contributed by atoms with Crippen LogP contribution >= 0.6 is 0 Å². The maximum absolute atomic E-state index is 10.5. The van der Waals surface area contributed by atoms with E-state index < -0.39 is 5.97 Å². The lowest BCUT2D eigenvalue weighted by molar-refractivity contribution is -0.138. The summed E-state index contributed by atoms with van der Waals surface area (Å²) in [4.78, 5) is 10.5. The molecule has 0 aromatic heterocycles. The third-order valence-electron chi connectivity index (χ3n) is 1.48. The molecule has 0 radical (unpaired) electrons. The van der Waals surface area contributed by atoms with Crippen LogP contribution in [0.3, 0.4) is 0 Å². The molecule has 0 fully saturated rings. The molecule has 1 N–H and O–H groups in total. The van der Waals surface area contributed by atoms with Crippen LogP contribution in [0.1, 0.15) is 26.2 Å². The minimum absolute atomic E-state index is 0.270. The predicted octanol–water partition coefficient (Wildman–Crippen LogP) is 1.27. The summed E-state index contributed by atoms with van der Waals surface area (Å²) < 4.78 is 4.69. The molecule has 1 atom stereocenters. The van der Waals surface area contributed by atoms with Crippen molar-refractivity contribution in [3.63, 3.8) is 0 Å². The van der Waals surface area contributed by atoms with E-state index in [1.807, 2.05) is 6.92 Å². The van der Waals surface area contributed by atoms with Crippen molar-refractivity contribution < 1.29 is 14.6 Å². The van der Waals surface area contributed by atoms with Gasteiger partial charge in [-0.15, -0.1) is 0 Å². The Bertz CT molecular complexity index is 143. The van der Waals surface area contributed by atoms with Crippen molar-refractivity contribution in [3.05, 3.63) is 12.7 Å². The molecule has 0 aliphatic rings. The van der Waals surface area contributed by atoms with Gasteiger partial charge >= 0.3 is 5.97 Å². The van der Waals surface area contributed by atoms with Gasteiger partial charge in [-0.1, -0.05) is 19.9 Å². The fourth-order valence-corrected chi connectivity index (χ4v) is 0.832. The number of hydrogen-bond donors (Lipinski definition) is 1. The van der Waals surface area contributed by atoms with Gasteiger partial charge in [-0.3, -0.25) is 0 Å². The molecule has 3 heteroatoms. The van der Waals surface area contributed by atoms with Crippen molar-refractivity contribution in [1.82, 2.24) is 0 Å². The zero-order valence-corrected chi connectivity index (χ0v) is 7.45. The molecule has 0 unspecified atom stereocenters. The minimum atomic E-state index is -0.432. The molecule has 0 saturated carbocycles. The Morgan fingerprint density at radius 1 is 1.67 bits per heavy atom. The Balaban J connectivity index is 3.30. The zero-order chi connectivity index (χ0) is 9.40. The van der Waals surface area contributed by atoms with Crippen LogP contribution in [-0.4, -0.2) is 23.8 Å². The maximum atomic E-state index is 10.5.